The summed E-state index contributed by atoms with van der Waals surface area (Å²) in [5.74, 6) is 1.24. The van der Waals surface area contributed by atoms with E-state index in [9.17, 15) is 0 Å². The largest absolute Gasteiger partial charge is 0.0843 e. The molecule has 0 bridgehead atoms. The van der Waals surface area contributed by atoms with E-state index in [1.54, 1.807) is 0 Å². The lowest BCUT2D eigenvalue weighted by molar-refractivity contribution is 0.584. The summed E-state index contributed by atoms with van der Waals surface area (Å²) in [5, 5.41) is 0.827. The smallest absolute Gasteiger partial charge is 0.0412 e. The highest BCUT2D eigenvalue weighted by Crippen LogP contribution is 2.36. The Morgan fingerprint density at radius 1 is 1.31 bits per heavy atom. The van der Waals surface area contributed by atoms with Gasteiger partial charge in [0.15, 0.2) is 0 Å². The maximum atomic E-state index is 5.92. The van der Waals surface area contributed by atoms with Crippen LogP contribution in [0.1, 0.15) is 30.9 Å². The van der Waals surface area contributed by atoms with Crippen LogP contribution < -0.4 is 0 Å². The lowest BCUT2D eigenvalue weighted by atomic mass is 9.90. The first-order chi connectivity index (χ1) is 6.18. The first-order valence-electron chi connectivity index (χ1n) is 4.66. The Balaban J connectivity index is 2.44. The summed E-state index contributed by atoms with van der Waals surface area (Å²) in [6.45, 7) is 4.50. The van der Waals surface area contributed by atoms with Crippen molar-refractivity contribution in [3.63, 3.8) is 0 Å². The van der Waals surface area contributed by atoms with Crippen LogP contribution in [-0.4, -0.2) is 0 Å². The van der Waals surface area contributed by atoms with Gasteiger partial charge in [0.25, 0.3) is 0 Å². The van der Waals surface area contributed by atoms with Crippen molar-refractivity contribution < 1.29 is 0 Å². The van der Waals surface area contributed by atoms with Crippen molar-refractivity contribution >= 4 is 17.7 Å². The topological polar surface area (TPSA) is 0 Å². The Kier molecular flexibility index (Phi) is 2.17. The molecular formula is C12H13Cl. The van der Waals surface area contributed by atoms with Gasteiger partial charge in [0, 0.05) is 10.9 Å². The molecule has 0 saturated heterocycles. The Morgan fingerprint density at radius 2 is 2.08 bits per heavy atom. The molecule has 0 aromatic heterocycles. The zero-order valence-electron chi connectivity index (χ0n) is 7.92. The minimum Gasteiger partial charge on any atom is -0.0843 e. The van der Waals surface area contributed by atoms with Crippen molar-refractivity contribution in [2.75, 3.05) is 0 Å². The number of fused-ring (bicyclic) bond motifs is 1. The van der Waals surface area contributed by atoms with Crippen LogP contribution in [0.4, 0.5) is 0 Å². The third-order valence-corrected chi connectivity index (χ3v) is 2.84. The Labute approximate surface area is 84.2 Å². The molecular weight excluding hydrogens is 180 g/mol. The van der Waals surface area contributed by atoms with Gasteiger partial charge in [-0.25, -0.2) is 0 Å². The van der Waals surface area contributed by atoms with Crippen molar-refractivity contribution in [2.24, 2.45) is 5.92 Å². The van der Waals surface area contributed by atoms with E-state index in [0.717, 1.165) is 5.02 Å². The molecule has 1 atom stereocenters. The van der Waals surface area contributed by atoms with Crippen LogP contribution in [0, 0.1) is 5.92 Å². The molecule has 0 N–H and O–H groups in total. The molecule has 0 spiro atoms. The number of rotatable bonds is 1. The second-order valence-corrected chi connectivity index (χ2v) is 4.34. The van der Waals surface area contributed by atoms with Crippen LogP contribution in [0.5, 0.6) is 0 Å². The van der Waals surface area contributed by atoms with E-state index >= 15 is 0 Å². The van der Waals surface area contributed by atoms with Crippen molar-refractivity contribution in [3.8, 4) is 0 Å². The van der Waals surface area contributed by atoms with Gasteiger partial charge in [0.1, 0.15) is 0 Å². The molecule has 13 heavy (non-hydrogen) atoms. The highest BCUT2D eigenvalue weighted by molar-refractivity contribution is 6.30. The number of hydrogen-bond donors (Lipinski definition) is 0. The van der Waals surface area contributed by atoms with Crippen LogP contribution >= 0.6 is 11.6 Å². The second kappa shape index (κ2) is 3.19. The van der Waals surface area contributed by atoms with Gasteiger partial charge in [-0.1, -0.05) is 43.7 Å². The van der Waals surface area contributed by atoms with E-state index in [-0.39, 0.29) is 0 Å². The van der Waals surface area contributed by atoms with E-state index in [2.05, 4.69) is 32.1 Å². The molecule has 0 aliphatic heterocycles. The summed E-state index contributed by atoms with van der Waals surface area (Å²) in [6, 6.07) is 6.15. The van der Waals surface area contributed by atoms with Crippen molar-refractivity contribution in [1.29, 1.82) is 0 Å². The Bertz CT molecular complexity index is 350. The zero-order chi connectivity index (χ0) is 9.42. The van der Waals surface area contributed by atoms with Gasteiger partial charge in [-0.15, -0.1) is 0 Å². The molecule has 1 aliphatic carbocycles. The molecule has 0 radical (unpaired) electrons. The predicted molar refractivity (Wildman–Crippen MR) is 58.1 cm³/mol. The van der Waals surface area contributed by atoms with E-state index in [4.69, 9.17) is 11.6 Å². The predicted octanol–water partition coefficient (Wildman–Crippen LogP) is 4.11. The summed E-state index contributed by atoms with van der Waals surface area (Å²) in [7, 11) is 0. The average Bonchev–Trinajstić information content (AvgIpc) is 2.46. The van der Waals surface area contributed by atoms with E-state index in [1.807, 2.05) is 12.1 Å². The van der Waals surface area contributed by atoms with Crippen LogP contribution in [0.2, 0.25) is 5.02 Å². The van der Waals surface area contributed by atoms with Crippen molar-refractivity contribution in [1.82, 2.24) is 0 Å². The summed E-state index contributed by atoms with van der Waals surface area (Å²) in [4.78, 5) is 0. The first kappa shape index (κ1) is 8.83. The number of allylic oxidation sites excluding steroid dienone is 1. The fraction of sp³-hybridized carbons (Fsp3) is 0.333. The lowest BCUT2D eigenvalue weighted by Crippen LogP contribution is -2.01. The average molecular weight is 193 g/mol. The second-order valence-electron chi connectivity index (χ2n) is 3.90. The summed E-state index contributed by atoms with van der Waals surface area (Å²) in [6.07, 6.45) is 4.44. The van der Waals surface area contributed by atoms with Gasteiger partial charge >= 0.3 is 0 Å². The molecule has 0 saturated carbocycles. The molecule has 1 heteroatoms. The van der Waals surface area contributed by atoms with E-state index in [1.165, 1.54) is 11.1 Å². The fourth-order valence-electron chi connectivity index (χ4n) is 1.89. The Morgan fingerprint density at radius 3 is 2.77 bits per heavy atom. The SMILES string of the molecule is CC(C)C1C=Cc2cc(Cl)ccc21. The zero-order valence-corrected chi connectivity index (χ0v) is 8.68. The van der Waals surface area contributed by atoms with Crippen LogP contribution in [-0.2, 0) is 0 Å². The number of hydrogen-bond acceptors (Lipinski definition) is 0. The molecule has 0 amide bonds. The van der Waals surface area contributed by atoms with Crippen molar-refractivity contribution in [2.45, 2.75) is 19.8 Å². The molecule has 0 fully saturated rings. The van der Waals surface area contributed by atoms with Crippen LogP contribution in [0.15, 0.2) is 24.3 Å². The van der Waals surface area contributed by atoms with Crippen molar-refractivity contribution in [3.05, 3.63) is 40.4 Å². The highest BCUT2D eigenvalue weighted by Gasteiger charge is 2.19. The summed E-state index contributed by atoms with van der Waals surface area (Å²) < 4.78 is 0. The van der Waals surface area contributed by atoms with Crippen LogP contribution in [0.3, 0.4) is 0 Å². The first-order valence-corrected chi connectivity index (χ1v) is 5.04. The van der Waals surface area contributed by atoms with Gasteiger partial charge in [-0.3, -0.25) is 0 Å². The van der Waals surface area contributed by atoms with Gasteiger partial charge in [-0.05, 0) is 29.2 Å². The minimum absolute atomic E-state index is 0.576. The summed E-state index contributed by atoms with van der Waals surface area (Å²) in [5.41, 5.74) is 2.70. The van der Waals surface area contributed by atoms with Gasteiger partial charge in [-0.2, -0.15) is 0 Å². The molecule has 1 unspecified atom stereocenters. The fourth-order valence-corrected chi connectivity index (χ4v) is 2.07. The molecule has 0 nitrogen and oxygen atoms in total. The number of benzene rings is 1. The van der Waals surface area contributed by atoms with Crippen LogP contribution in [0.25, 0.3) is 6.08 Å². The third-order valence-electron chi connectivity index (χ3n) is 2.61. The van der Waals surface area contributed by atoms with E-state index in [0.29, 0.717) is 11.8 Å². The lowest BCUT2D eigenvalue weighted by Gasteiger charge is -2.14. The molecule has 1 aromatic carbocycles. The van der Waals surface area contributed by atoms with Gasteiger partial charge in [0.2, 0.25) is 0 Å². The highest BCUT2D eigenvalue weighted by atomic mass is 35.5. The van der Waals surface area contributed by atoms with E-state index < -0.39 is 0 Å². The quantitative estimate of drug-likeness (QED) is 0.629. The summed E-state index contributed by atoms with van der Waals surface area (Å²) >= 11 is 5.92. The molecule has 0 heterocycles. The van der Waals surface area contributed by atoms with Gasteiger partial charge < -0.3 is 0 Å². The number of halogens is 1. The Hall–Kier alpha value is -0.750. The standard InChI is InChI=1S/C12H13Cl/c1-8(2)11-5-3-9-7-10(13)4-6-12(9)11/h3-8,11H,1-2H3. The molecule has 1 aromatic rings. The van der Waals surface area contributed by atoms with Gasteiger partial charge in [0.05, 0.1) is 0 Å². The maximum absolute atomic E-state index is 5.92. The monoisotopic (exact) mass is 192 g/mol. The molecule has 1 aliphatic rings. The molecule has 2 rings (SSSR count). The maximum Gasteiger partial charge on any atom is 0.0412 e. The third kappa shape index (κ3) is 1.51. The normalized spacial score (nSPS) is 19.5. The minimum atomic E-state index is 0.576. The molecule has 68 valence electrons.